The molecule has 9 heteroatoms. The summed E-state index contributed by atoms with van der Waals surface area (Å²) in [5.41, 5.74) is 0.594. The van der Waals surface area contributed by atoms with Crippen LogP contribution in [0.3, 0.4) is 0 Å². The smallest absolute Gasteiger partial charge is 0.220 e. The van der Waals surface area contributed by atoms with Crippen molar-refractivity contribution < 1.29 is 19.2 Å². The van der Waals surface area contributed by atoms with Crippen LogP contribution in [0.15, 0.2) is 6.20 Å². The molecule has 0 radical (unpaired) electrons. The molecule has 0 spiro atoms. The molecule has 1 heterocycles. The maximum Gasteiger partial charge on any atom is 0.220 e. The van der Waals surface area contributed by atoms with Crippen LogP contribution in [-0.4, -0.2) is 50.5 Å². The van der Waals surface area contributed by atoms with Crippen molar-refractivity contribution in [1.29, 1.82) is 0 Å². The Labute approximate surface area is 174 Å². The lowest BCUT2D eigenvalue weighted by atomic mass is 10.1. The average Bonchev–Trinajstić information content (AvgIpc) is 3.15. The molecule has 0 aliphatic carbocycles. The van der Waals surface area contributed by atoms with Crippen LogP contribution in [0.2, 0.25) is 0 Å². The van der Waals surface area contributed by atoms with Crippen molar-refractivity contribution in [3.8, 4) is 0 Å². The number of nitrogens with one attached hydrogen (secondary N) is 2. The molecule has 29 heavy (non-hydrogen) atoms. The molecule has 0 saturated carbocycles. The number of hydrogen-bond donors (Lipinski definition) is 2. The van der Waals surface area contributed by atoms with Gasteiger partial charge >= 0.3 is 0 Å². The molecule has 1 aromatic rings. The summed E-state index contributed by atoms with van der Waals surface area (Å²) in [5.74, 6) is -0.730. The number of aryl methyl sites for hydroxylation is 1. The first-order valence-corrected chi connectivity index (χ1v) is 10.2. The SMILES string of the molecule is CC.CC.CCC(=O)C(Cn1cc(CCC(=O)NC(C)C(C)=O)nn1)NC(C)=O. The molecule has 0 aliphatic heterocycles. The van der Waals surface area contributed by atoms with Crippen LogP contribution >= 0.6 is 0 Å². The van der Waals surface area contributed by atoms with Crippen LogP contribution in [0.4, 0.5) is 0 Å². The quantitative estimate of drug-likeness (QED) is 0.605. The van der Waals surface area contributed by atoms with Crippen molar-refractivity contribution in [1.82, 2.24) is 25.6 Å². The maximum absolute atomic E-state index is 11.9. The molecule has 166 valence electrons. The number of amides is 2. The van der Waals surface area contributed by atoms with Crippen LogP contribution in [0.5, 0.6) is 0 Å². The predicted molar refractivity (Wildman–Crippen MR) is 112 cm³/mol. The van der Waals surface area contributed by atoms with Gasteiger partial charge in [-0.15, -0.1) is 5.10 Å². The fourth-order valence-electron chi connectivity index (χ4n) is 2.11. The number of carbonyl (C=O) groups excluding carboxylic acids is 4. The largest absolute Gasteiger partial charge is 0.347 e. The van der Waals surface area contributed by atoms with Gasteiger partial charge in [-0.1, -0.05) is 39.8 Å². The Hall–Kier alpha value is -2.58. The van der Waals surface area contributed by atoms with Gasteiger partial charge in [0.2, 0.25) is 11.8 Å². The third-order valence-corrected chi connectivity index (χ3v) is 3.67. The van der Waals surface area contributed by atoms with Crippen LogP contribution in [0, 0.1) is 0 Å². The summed E-state index contributed by atoms with van der Waals surface area (Å²) in [6.45, 7) is 14.3. The Bertz CT molecular complexity index is 643. The first-order chi connectivity index (χ1) is 13.7. The minimum absolute atomic E-state index is 0.0927. The molecular weight excluding hydrogens is 374 g/mol. The van der Waals surface area contributed by atoms with Gasteiger partial charge in [0.15, 0.2) is 11.6 Å². The van der Waals surface area contributed by atoms with Gasteiger partial charge < -0.3 is 10.6 Å². The Morgan fingerprint density at radius 2 is 1.66 bits per heavy atom. The first kappa shape index (κ1) is 28.6. The van der Waals surface area contributed by atoms with Crippen LogP contribution in [0.25, 0.3) is 0 Å². The lowest BCUT2D eigenvalue weighted by molar-refractivity contribution is -0.127. The van der Waals surface area contributed by atoms with Crippen molar-refractivity contribution in [2.24, 2.45) is 0 Å². The molecule has 9 nitrogen and oxygen atoms in total. The summed E-state index contributed by atoms with van der Waals surface area (Å²) in [4.78, 5) is 46.0. The highest BCUT2D eigenvalue weighted by molar-refractivity contribution is 5.88. The van der Waals surface area contributed by atoms with Crippen LogP contribution in [-0.2, 0) is 32.1 Å². The Kier molecular flexibility index (Phi) is 16.2. The normalized spacial score (nSPS) is 11.6. The van der Waals surface area contributed by atoms with Crippen LogP contribution < -0.4 is 10.6 Å². The van der Waals surface area contributed by atoms with Crippen molar-refractivity contribution in [2.75, 3.05) is 0 Å². The number of Topliss-reactive ketones (excluding diaryl/α,β-unsaturated/α-hetero) is 2. The van der Waals surface area contributed by atoms with E-state index in [0.29, 0.717) is 18.5 Å². The summed E-state index contributed by atoms with van der Waals surface area (Å²) < 4.78 is 1.47. The van der Waals surface area contributed by atoms with Gasteiger partial charge in [-0.3, -0.25) is 19.2 Å². The van der Waals surface area contributed by atoms with E-state index in [4.69, 9.17) is 0 Å². The molecule has 0 bridgehead atoms. The molecule has 1 aromatic heterocycles. The van der Waals surface area contributed by atoms with E-state index in [1.54, 1.807) is 20.0 Å². The fourth-order valence-corrected chi connectivity index (χ4v) is 2.11. The number of carbonyl (C=O) groups is 4. The Balaban J connectivity index is 0. The van der Waals surface area contributed by atoms with E-state index in [1.165, 1.54) is 18.5 Å². The fraction of sp³-hybridized carbons (Fsp3) is 0.700. The minimum Gasteiger partial charge on any atom is -0.347 e. The monoisotopic (exact) mass is 411 g/mol. The third kappa shape index (κ3) is 12.5. The van der Waals surface area contributed by atoms with Gasteiger partial charge in [0, 0.05) is 32.4 Å². The van der Waals surface area contributed by atoms with Crippen molar-refractivity contribution >= 4 is 23.4 Å². The lowest BCUT2D eigenvalue weighted by Gasteiger charge is -2.15. The molecule has 0 aliphatic rings. The minimum atomic E-state index is -0.656. The first-order valence-electron chi connectivity index (χ1n) is 10.2. The number of ketones is 2. The number of aromatic nitrogens is 3. The Morgan fingerprint density at radius 1 is 1.07 bits per heavy atom. The predicted octanol–water partition coefficient (Wildman–Crippen LogP) is 1.84. The maximum atomic E-state index is 11.9. The van der Waals surface area contributed by atoms with E-state index in [0.717, 1.165) is 0 Å². The molecular formula is C20H37N5O4. The molecule has 0 fully saturated rings. The second-order valence-corrected chi connectivity index (χ2v) is 5.90. The zero-order valence-corrected chi connectivity index (χ0v) is 19.0. The van der Waals surface area contributed by atoms with Crippen molar-refractivity contribution in [3.63, 3.8) is 0 Å². The zero-order chi connectivity index (χ0) is 23.0. The van der Waals surface area contributed by atoms with Gasteiger partial charge in [0.1, 0.15) is 6.04 Å². The van der Waals surface area contributed by atoms with Crippen molar-refractivity contribution in [2.45, 2.75) is 93.3 Å². The van der Waals surface area contributed by atoms with Gasteiger partial charge in [-0.2, -0.15) is 0 Å². The van der Waals surface area contributed by atoms with E-state index < -0.39 is 12.1 Å². The topological polar surface area (TPSA) is 123 Å². The van der Waals surface area contributed by atoms with E-state index in [-0.39, 0.29) is 36.3 Å². The molecule has 2 unspecified atom stereocenters. The summed E-state index contributed by atoms with van der Waals surface area (Å²) in [5, 5.41) is 13.1. The summed E-state index contributed by atoms with van der Waals surface area (Å²) in [6.07, 6.45) is 2.49. The molecule has 0 aromatic carbocycles. The third-order valence-electron chi connectivity index (χ3n) is 3.67. The Morgan fingerprint density at radius 3 is 2.14 bits per heavy atom. The number of hydrogen-bond acceptors (Lipinski definition) is 6. The average molecular weight is 412 g/mol. The van der Waals surface area contributed by atoms with Gasteiger partial charge in [0.25, 0.3) is 0 Å². The van der Waals surface area contributed by atoms with Gasteiger partial charge in [-0.05, 0) is 13.8 Å². The summed E-state index contributed by atoms with van der Waals surface area (Å²) in [7, 11) is 0. The summed E-state index contributed by atoms with van der Waals surface area (Å²) >= 11 is 0. The highest BCUT2D eigenvalue weighted by Crippen LogP contribution is 2.02. The standard InChI is InChI=1S/C16H25N5O4.2C2H6/c1-5-15(24)14(18-12(4)23)9-21-8-13(19-20-21)6-7-16(25)17-10(2)11(3)22;2*1-2/h8,10,14H,5-7,9H2,1-4H3,(H,17,25)(H,18,23);2*1-2H3. The van der Waals surface area contributed by atoms with E-state index in [1.807, 2.05) is 27.7 Å². The van der Waals surface area contributed by atoms with Gasteiger partial charge in [0.05, 0.1) is 18.3 Å². The molecule has 0 saturated heterocycles. The van der Waals surface area contributed by atoms with Crippen LogP contribution in [0.1, 0.15) is 73.9 Å². The second kappa shape index (κ2) is 16.4. The highest BCUT2D eigenvalue weighted by Gasteiger charge is 2.19. The molecule has 1 rings (SSSR count). The van der Waals surface area contributed by atoms with Gasteiger partial charge in [-0.25, -0.2) is 4.68 Å². The molecule has 2 amide bonds. The summed E-state index contributed by atoms with van der Waals surface area (Å²) in [6, 6.07) is -1.17. The molecule has 2 atom stereocenters. The lowest BCUT2D eigenvalue weighted by Crippen LogP contribution is -2.42. The van der Waals surface area contributed by atoms with E-state index in [2.05, 4.69) is 20.9 Å². The highest BCUT2D eigenvalue weighted by atomic mass is 16.2. The number of rotatable bonds is 10. The van der Waals surface area contributed by atoms with E-state index in [9.17, 15) is 19.2 Å². The number of nitrogens with zero attached hydrogens (tertiary/aromatic N) is 3. The molecule has 2 N–H and O–H groups in total. The van der Waals surface area contributed by atoms with Crippen molar-refractivity contribution in [3.05, 3.63) is 11.9 Å². The second-order valence-electron chi connectivity index (χ2n) is 5.90. The zero-order valence-electron chi connectivity index (χ0n) is 19.0. The van der Waals surface area contributed by atoms with E-state index >= 15 is 0 Å².